The highest BCUT2D eigenvalue weighted by Gasteiger charge is 2.31. The maximum atomic E-state index is 13.5. The van der Waals surface area contributed by atoms with Crippen LogP contribution >= 0.6 is 11.3 Å². The van der Waals surface area contributed by atoms with Crippen LogP contribution in [0, 0.1) is 0 Å². The molecule has 0 unspecified atom stereocenters. The van der Waals surface area contributed by atoms with E-state index in [0.29, 0.717) is 23.8 Å². The first kappa shape index (κ1) is 25.0. The quantitative estimate of drug-likeness (QED) is 0.310. The molecule has 1 aliphatic rings. The third-order valence-corrected chi connectivity index (χ3v) is 8.93. The van der Waals surface area contributed by atoms with Crippen molar-refractivity contribution in [3.8, 4) is 17.0 Å². The Balaban J connectivity index is 1.39. The number of amides is 1. The molecule has 0 saturated carbocycles. The number of aryl methyl sites for hydroxylation is 1. The van der Waals surface area contributed by atoms with Crippen LogP contribution in [0.15, 0.2) is 77.0 Å². The molecule has 1 aliphatic heterocycles. The summed E-state index contributed by atoms with van der Waals surface area (Å²) in [6.45, 7) is 2.51. The lowest BCUT2D eigenvalue weighted by molar-refractivity contribution is 0.102. The van der Waals surface area contributed by atoms with Gasteiger partial charge in [-0.25, -0.2) is 13.4 Å². The highest BCUT2D eigenvalue weighted by Crippen LogP contribution is 2.34. The first-order valence-corrected chi connectivity index (χ1v) is 14.4. The number of nitrogens with zero attached hydrogens (tertiary/aromatic N) is 2. The maximum Gasteiger partial charge on any atom is 0.264 e. The molecule has 0 aliphatic carbocycles. The van der Waals surface area contributed by atoms with Crippen LogP contribution in [0.2, 0.25) is 0 Å². The summed E-state index contributed by atoms with van der Waals surface area (Å²) in [4.78, 5) is 17.8. The fraction of sp³-hybridized carbons (Fsp3) is 0.214. The summed E-state index contributed by atoms with van der Waals surface area (Å²) in [5, 5.41) is 5.10. The Morgan fingerprint density at radius 1 is 1.11 bits per heavy atom. The number of benzene rings is 3. The highest BCUT2D eigenvalue weighted by molar-refractivity contribution is 7.92. The van der Waals surface area contributed by atoms with Crippen LogP contribution in [0.3, 0.4) is 0 Å². The lowest BCUT2D eigenvalue weighted by atomic mass is 10.1. The Hall–Kier alpha value is -3.69. The summed E-state index contributed by atoms with van der Waals surface area (Å²) in [6, 6.07) is 20.0. The highest BCUT2D eigenvalue weighted by atomic mass is 32.2. The van der Waals surface area contributed by atoms with Crippen molar-refractivity contribution in [1.82, 2.24) is 4.98 Å². The van der Waals surface area contributed by atoms with Crippen molar-refractivity contribution in [3.63, 3.8) is 0 Å². The smallest absolute Gasteiger partial charge is 0.264 e. The van der Waals surface area contributed by atoms with Crippen molar-refractivity contribution in [1.29, 1.82) is 0 Å². The van der Waals surface area contributed by atoms with Gasteiger partial charge in [0.2, 0.25) is 0 Å². The van der Waals surface area contributed by atoms with Crippen LogP contribution in [-0.2, 0) is 22.9 Å². The number of carbonyl (C=O) groups is 1. The Kier molecular flexibility index (Phi) is 6.99. The Morgan fingerprint density at radius 2 is 1.89 bits per heavy atom. The molecule has 1 N–H and O–H groups in total. The zero-order valence-corrected chi connectivity index (χ0v) is 22.2. The first-order chi connectivity index (χ1) is 17.9. The van der Waals surface area contributed by atoms with Gasteiger partial charge in [-0.05, 0) is 48.2 Å². The monoisotopic (exact) mass is 533 g/mol. The number of hydrogen-bond acceptors (Lipinski definition) is 6. The third kappa shape index (κ3) is 4.97. The molecule has 1 amide bonds. The van der Waals surface area contributed by atoms with Crippen molar-refractivity contribution >= 4 is 38.1 Å². The topological polar surface area (TPSA) is 88.6 Å². The van der Waals surface area contributed by atoms with Gasteiger partial charge in [0.25, 0.3) is 15.9 Å². The van der Waals surface area contributed by atoms with E-state index in [4.69, 9.17) is 4.74 Å². The van der Waals surface area contributed by atoms with E-state index < -0.39 is 15.9 Å². The van der Waals surface area contributed by atoms with Gasteiger partial charge in [0.05, 0.1) is 29.0 Å². The predicted octanol–water partition coefficient (Wildman–Crippen LogP) is 5.77. The molecule has 0 spiro atoms. The average molecular weight is 534 g/mol. The number of hydrogen-bond donors (Lipinski definition) is 1. The number of aromatic nitrogens is 1. The molecule has 0 atom stereocenters. The van der Waals surface area contributed by atoms with E-state index in [2.05, 4.69) is 29.4 Å². The van der Waals surface area contributed by atoms with Crippen LogP contribution in [0.5, 0.6) is 5.75 Å². The van der Waals surface area contributed by atoms with Crippen molar-refractivity contribution in [3.05, 3.63) is 88.8 Å². The fourth-order valence-electron chi connectivity index (χ4n) is 4.47. The average Bonchev–Trinajstić information content (AvgIpc) is 3.56. The molecule has 37 heavy (non-hydrogen) atoms. The standard InChI is InChI=1S/C28H27N3O4S2/c1-3-6-19-9-11-20(12-10-19)24-18-36-28(29-24)30-27(32)23-17-22(13-14-26(23)35-2)37(33,34)31-16-15-21-7-4-5-8-25(21)31/h4-5,7-14,17-18H,3,6,15-16H2,1-2H3,(H,29,30,32). The van der Waals surface area contributed by atoms with Crippen LogP contribution in [0.1, 0.15) is 34.8 Å². The number of methoxy groups -OCH3 is 1. The predicted molar refractivity (Wildman–Crippen MR) is 147 cm³/mol. The van der Waals surface area contributed by atoms with Crippen molar-refractivity contribution in [2.24, 2.45) is 0 Å². The third-order valence-electron chi connectivity index (χ3n) is 6.36. The maximum absolute atomic E-state index is 13.5. The van der Waals surface area contributed by atoms with Gasteiger partial charge in [-0.3, -0.25) is 14.4 Å². The van der Waals surface area contributed by atoms with E-state index in [1.165, 1.54) is 46.5 Å². The minimum atomic E-state index is -3.86. The van der Waals surface area contributed by atoms with Gasteiger partial charge >= 0.3 is 0 Å². The molecule has 0 radical (unpaired) electrons. The van der Waals surface area contributed by atoms with Crippen LogP contribution in [-0.4, -0.2) is 33.0 Å². The summed E-state index contributed by atoms with van der Waals surface area (Å²) in [7, 11) is -2.42. The van der Waals surface area contributed by atoms with Crippen LogP contribution in [0.25, 0.3) is 11.3 Å². The number of sulfonamides is 1. The molecule has 0 fully saturated rings. The van der Waals surface area contributed by atoms with Crippen molar-refractivity contribution in [2.45, 2.75) is 31.1 Å². The second kappa shape index (κ2) is 10.4. The molecule has 9 heteroatoms. The van der Waals surface area contributed by atoms with E-state index in [0.717, 1.165) is 29.7 Å². The zero-order valence-electron chi connectivity index (χ0n) is 20.6. The molecule has 2 heterocycles. The minimum Gasteiger partial charge on any atom is -0.496 e. The second-order valence-electron chi connectivity index (χ2n) is 8.76. The molecular formula is C28H27N3O4S2. The van der Waals surface area contributed by atoms with Gasteiger partial charge in [-0.15, -0.1) is 11.3 Å². The number of fused-ring (bicyclic) bond motifs is 1. The number of rotatable bonds is 8. The molecule has 190 valence electrons. The second-order valence-corrected chi connectivity index (χ2v) is 11.5. The molecule has 4 aromatic rings. The first-order valence-electron chi connectivity index (χ1n) is 12.1. The van der Waals surface area contributed by atoms with Gasteiger partial charge in [0, 0.05) is 17.5 Å². The van der Waals surface area contributed by atoms with Gasteiger partial charge in [0.15, 0.2) is 5.13 Å². The lowest BCUT2D eigenvalue weighted by Crippen LogP contribution is -2.29. The molecule has 7 nitrogen and oxygen atoms in total. The molecule has 5 rings (SSSR count). The van der Waals surface area contributed by atoms with Gasteiger partial charge < -0.3 is 4.74 Å². The number of nitrogens with one attached hydrogen (secondary N) is 1. The largest absolute Gasteiger partial charge is 0.496 e. The lowest BCUT2D eigenvalue weighted by Gasteiger charge is -2.20. The van der Waals surface area contributed by atoms with Crippen molar-refractivity contribution in [2.75, 3.05) is 23.3 Å². The number of anilines is 2. The number of thiazole rings is 1. The van der Waals surface area contributed by atoms with E-state index >= 15 is 0 Å². The van der Waals surface area contributed by atoms with Crippen molar-refractivity contribution < 1.29 is 17.9 Å². The summed E-state index contributed by atoms with van der Waals surface area (Å²) in [5.74, 6) is -0.212. The summed E-state index contributed by atoms with van der Waals surface area (Å²) < 4.78 is 33.8. The van der Waals surface area contributed by atoms with Gasteiger partial charge in [-0.2, -0.15) is 0 Å². The van der Waals surface area contributed by atoms with Crippen LogP contribution in [0.4, 0.5) is 10.8 Å². The molecule has 0 saturated heterocycles. The Labute approximate surface area is 220 Å². The minimum absolute atomic E-state index is 0.0298. The van der Waals surface area contributed by atoms with E-state index in [9.17, 15) is 13.2 Å². The molecule has 3 aromatic carbocycles. The van der Waals surface area contributed by atoms with E-state index in [-0.39, 0.29) is 16.2 Å². The van der Waals surface area contributed by atoms with Gasteiger partial charge in [-0.1, -0.05) is 55.8 Å². The summed E-state index contributed by atoms with van der Waals surface area (Å²) >= 11 is 1.31. The van der Waals surface area contributed by atoms with Gasteiger partial charge in [0.1, 0.15) is 5.75 Å². The number of ether oxygens (including phenoxy) is 1. The fourth-order valence-corrected chi connectivity index (χ4v) is 6.71. The summed E-state index contributed by atoms with van der Waals surface area (Å²) in [5.41, 5.74) is 4.78. The normalized spacial score (nSPS) is 12.9. The Morgan fingerprint density at radius 3 is 2.65 bits per heavy atom. The molecule has 0 bridgehead atoms. The number of carbonyl (C=O) groups excluding carboxylic acids is 1. The van der Waals surface area contributed by atoms with Crippen LogP contribution < -0.4 is 14.4 Å². The van der Waals surface area contributed by atoms with E-state index in [1.807, 2.05) is 35.7 Å². The Bertz CT molecular complexity index is 1550. The molecule has 1 aromatic heterocycles. The molecular weight excluding hydrogens is 506 g/mol. The summed E-state index contributed by atoms with van der Waals surface area (Å²) in [6.07, 6.45) is 2.76. The number of para-hydroxylation sites is 1. The zero-order chi connectivity index (χ0) is 26.0. The SMILES string of the molecule is CCCc1ccc(-c2csc(NC(=O)c3cc(S(=O)(=O)N4CCc5ccccc54)ccc3OC)n2)cc1. The van der Waals surface area contributed by atoms with E-state index in [1.54, 1.807) is 6.07 Å².